The third-order valence-corrected chi connectivity index (χ3v) is 3.46. The molecule has 0 saturated heterocycles. The van der Waals surface area contributed by atoms with Gasteiger partial charge < -0.3 is 10.5 Å². The Balaban J connectivity index is 1.83. The lowest BCUT2D eigenvalue weighted by atomic mass is 9.97. The number of fused-ring (bicyclic) bond motifs is 1. The highest BCUT2D eigenvalue weighted by Crippen LogP contribution is 2.31. The van der Waals surface area contributed by atoms with Gasteiger partial charge in [0, 0.05) is 12.5 Å². The molecule has 3 rings (SSSR count). The Hall–Kier alpha value is -1.80. The number of hydrogen-bond acceptors (Lipinski definition) is 2. The topological polar surface area (TPSA) is 35.2 Å². The number of rotatable bonds is 3. The molecule has 0 fully saturated rings. The van der Waals surface area contributed by atoms with Gasteiger partial charge in [0.15, 0.2) is 0 Å². The molecule has 2 aromatic carbocycles. The van der Waals surface area contributed by atoms with E-state index in [4.69, 9.17) is 10.5 Å². The van der Waals surface area contributed by atoms with Crippen LogP contribution in [0.1, 0.15) is 22.7 Å². The van der Waals surface area contributed by atoms with Gasteiger partial charge in [0.1, 0.15) is 5.75 Å². The van der Waals surface area contributed by atoms with Crippen molar-refractivity contribution < 1.29 is 4.74 Å². The van der Waals surface area contributed by atoms with Crippen molar-refractivity contribution >= 4 is 0 Å². The fourth-order valence-electron chi connectivity index (χ4n) is 2.50. The number of hydrogen-bond donors (Lipinski definition) is 1. The molecule has 1 aliphatic heterocycles. The molecule has 1 atom stereocenters. The molecule has 0 radical (unpaired) electrons. The third-order valence-electron chi connectivity index (χ3n) is 3.46. The molecule has 2 heteroatoms. The van der Waals surface area contributed by atoms with E-state index in [9.17, 15) is 0 Å². The molecule has 0 bridgehead atoms. The number of benzene rings is 2. The first-order chi connectivity index (χ1) is 8.84. The van der Waals surface area contributed by atoms with Crippen LogP contribution in [0, 0.1) is 0 Å². The van der Waals surface area contributed by atoms with Crippen molar-refractivity contribution in [3.63, 3.8) is 0 Å². The van der Waals surface area contributed by atoms with E-state index in [-0.39, 0.29) is 6.04 Å². The highest BCUT2D eigenvalue weighted by Gasteiger charge is 2.17. The molecule has 2 N–H and O–H groups in total. The Labute approximate surface area is 107 Å². The van der Waals surface area contributed by atoms with Crippen LogP contribution in [-0.2, 0) is 12.8 Å². The molecule has 18 heavy (non-hydrogen) atoms. The summed E-state index contributed by atoms with van der Waals surface area (Å²) in [7, 11) is 0. The summed E-state index contributed by atoms with van der Waals surface area (Å²) in [5.74, 6) is 1.06. The number of nitrogens with two attached hydrogens (primary N) is 1. The molecule has 0 spiro atoms. The predicted octanol–water partition coefficient (Wildman–Crippen LogP) is 2.86. The maximum atomic E-state index is 6.27. The normalized spacial score (nSPS) is 14.9. The van der Waals surface area contributed by atoms with Crippen LogP contribution in [-0.4, -0.2) is 6.61 Å². The zero-order valence-electron chi connectivity index (χ0n) is 10.3. The summed E-state index contributed by atoms with van der Waals surface area (Å²) in [4.78, 5) is 0. The Morgan fingerprint density at radius 3 is 2.72 bits per heavy atom. The second-order valence-corrected chi connectivity index (χ2v) is 4.73. The van der Waals surface area contributed by atoms with Gasteiger partial charge in [-0.1, -0.05) is 48.5 Å². The lowest BCUT2D eigenvalue weighted by Crippen LogP contribution is -2.13. The maximum absolute atomic E-state index is 6.27. The van der Waals surface area contributed by atoms with Crippen LogP contribution in [0.5, 0.6) is 5.75 Å². The van der Waals surface area contributed by atoms with Crippen LogP contribution in [0.25, 0.3) is 0 Å². The molecule has 1 heterocycles. The highest BCUT2D eigenvalue weighted by atomic mass is 16.5. The van der Waals surface area contributed by atoms with Gasteiger partial charge in [0.25, 0.3) is 0 Å². The smallest absolute Gasteiger partial charge is 0.125 e. The van der Waals surface area contributed by atoms with Crippen LogP contribution in [0.2, 0.25) is 0 Å². The SMILES string of the molecule is NC(Cc1cccc2c1OCC2)c1ccccc1. The summed E-state index contributed by atoms with van der Waals surface area (Å²) in [6.07, 6.45) is 1.84. The molecule has 1 aliphatic rings. The first kappa shape index (κ1) is 11.3. The van der Waals surface area contributed by atoms with Crippen LogP contribution < -0.4 is 10.5 Å². The second kappa shape index (κ2) is 4.83. The van der Waals surface area contributed by atoms with E-state index in [0.29, 0.717) is 0 Å². The lowest BCUT2D eigenvalue weighted by Gasteiger charge is -2.14. The standard InChI is InChI=1S/C16H17NO/c17-15(12-5-2-1-3-6-12)11-14-8-4-7-13-9-10-18-16(13)14/h1-8,15H,9-11,17H2. The second-order valence-electron chi connectivity index (χ2n) is 4.73. The first-order valence-electron chi connectivity index (χ1n) is 6.38. The minimum atomic E-state index is 0.0295. The quantitative estimate of drug-likeness (QED) is 0.894. The summed E-state index contributed by atoms with van der Waals surface area (Å²) in [5.41, 5.74) is 9.98. The van der Waals surface area contributed by atoms with Crippen LogP contribution in [0.3, 0.4) is 0 Å². The van der Waals surface area contributed by atoms with Crippen molar-refractivity contribution in [2.45, 2.75) is 18.9 Å². The van der Waals surface area contributed by atoms with Gasteiger partial charge in [-0.05, 0) is 23.1 Å². The third kappa shape index (κ3) is 2.12. The Morgan fingerprint density at radius 1 is 1.06 bits per heavy atom. The molecular formula is C16H17NO. The largest absolute Gasteiger partial charge is 0.493 e. The van der Waals surface area contributed by atoms with Crippen molar-refractivity contribution in [1.29, 1.82) is 0 Å². The van der Waals surface area contributed by atoms with E-state index in [1.807, 2.05) is 18.2 Å². The highest BCUT2D eigenvalue weighted by molar-refractivity contribution is 5.44. The predicted molar refractivity (Wildman–Crippen MR) is 72.7 cm³/mol. The molecule has 2 aromatic rings. The monoisotopic (exact) mass is 239 g/mol. The molecule has 0 aromatic heterocycles. The van der Waals surface area contributed by atoms with Crippen molar-refractivity contribution in [3.8, 4) is 5.75 Å². The van der Waals surface area contributed by atoms with Crippen molar-refractivity contribution in [2.24, 2.45) is 5.73 Å². The van der Waals surface area contributed by atoms with Crippen LogP contribution >= 0.6 is 0 Å². The summed E-state index contributed by atoms with van der Waals surface area (Å²) >= 11 is 0. The minimum Gasteiger partial charge on any atom is -0.493 e. The molecule has 0 saturated carbocycles. The zero-order chi connectivity index (χ0) is 12.4. The van der Waals surface area contributed by atoms with Gasteiger partial charge in [-0.2, -0.15) is 0 Å². The minimum absolute atomic E-state index is 0.0295. The van der Waals surface area contributed by atoms with Gasteiger partial charge in [-0.3, -0.25) is 0 Å². The Morgan fingerprint density at radius 2 is 1.89 bits per heavy atom. The average molecular weight is 239 g/mol. The summed E-state index contributed by atoms with van der Waals surface area (Å²) in [6.45, 7) is 0.799. The Bertz CT molecular complexity index is 536. The molecule has 0 aliphatic carbocycles. The number of para-hydroxylation sites is 1. The zero-order valence-corrected chi connectivity index (χ0v) is 10.3. The average Bonchev–Trinajstić information content (AvgIpc) is 2.89. The van der Waals surface area contributed by atoms with Crippen molar-refractivity contribution in [2.75, 3.05) is 6.61 Å². The van der Waals surface area contributed by atoms with Crippen LogP contribution in [0.15, 0.2) is 48.5 Å². The fraction of sp³-hybridized carbons (Fsp3) is 0.250. The lowest BCUT2D eigenvalue weighted by molar-refractivity contribution is 0.352. The molecule has 1 unspecified atom stereocenters. The van der Waals surface area contributed by atoms with E-state index < -0.39 is 0 Å². The fourth-order valence-corrected chi connectivity index (χ4v) is 2.50. The van der Waals surface area contributed by atoms with Crippen LogP contribution in [0.4, 0.5) is 0 Å². The summed E-state index contributed by atoms with van der Waals surface area (Å²) in [6, 6.07) is 16.6. The Kier molecular flexibility index (Phi) is 3.03. The van der Waals surface area contributed by atoms with E-state index in [1.165, 1.54) is 16.7 Å². The molecule has 0 amide bonds. The van der Waals surface area contributed by atoms with Crippen molar-refractivity contribution in [1.82, 2.24) is 0 Å². The van der Waals surface area contributed by atoms with Gasteiger partial charge in [-0.15, -0.1) is 0 Å². The van der Waals surface area contributed by atoms with Gasteiger partial charge in [0.2, 0.25) is 0 Å². The van der Waals surface area contributed by atoms with E-state index in [0.717, 1.165) is 25.2 Å². The first-order valence-corrected chi connectivity index (χ1v) is 6.38. The van der Waals surface area contributed by atoms with Gasteiger partial charge in [-0.25, -0.2) is 0 Å². The van der Waals surface area contributed by atoms with E-state index in [1.54, 1.807) is 0 Å². The summed E-state index contributed by atoms with van der Waals surface area (Å²) in [5, 5.41) is 0. The van der Waals surface area contributed by atoms with E-state index >= 15 is 0 Å². The number of ether oxygens (including phenoxy) is 1. The van der Waals surface area contributed by atoms with Gasteiger partial charge in [0.05, 0.1) is 6.61 Å². The van der Waals surface area contributed by atoms with Gasteiger partial charge >= 0.3 is 0 Å². The maximum Gasteiger partial charge on any atom is 0.125 e. The molecular weight excluding hydrogens is 222 g/mol. The van der Waals surface area contributed by atoms with E-state index in [2.05, 4.69) is 30.3 Å². The summed E-state index contributed by atoms with van der Waals surface area (Å²) < 4.78 is 5.71. The van der Waals surface area contributed by atoms with Crippen molar-refractivity contribution in [3.05, 3.63) is 65.2 Å². The molecule has 92 valence electrons. The molecule has 2 nitrogen and oxygen atoms in total.